The van der Waals surface area contributed by atoms with Gasteiger partial charge in [0.2, 0.25) is 0 Å². The molecule has 0 aromatic heterocycles. The zero-order valence-electron chi connectivity index (χ0n) is 43.8. The van der Waals surface area contributed by atoms with Gasteiger partial charge in [-0.05, 0) is 27.8 Å². The molecule has 0 radical (unpaired) electrons. The van der Waals surface area contributed by atoms with E-state index < -0.39 is 149 Å². The minimum absolute atomic E-state index is 0.00426. The van der Waals surface area contributed by atoms with Crippen LogP contribution in [-0.4, -0.2) is 195 Å². The van der Waals surface area contributed by atoms with Crippen molar-refractivity contribution in [3.8, 4) is 0 Å². The smallest absolute Gasteiger partial charge is 0.187 e. The standard InChI is InChI=1S/C59H72O21/c60-26-40-50(69-29-35-16-6-1-7-17-35)44(63)46(65)56(75-40)74-34-43-53(72-32-38-22-12-4-13-23-38)55(79-58-47(66)45(64)51(41(27-61)77-58)70-30-36-18-8-2-9-19-36)49(68)59(78-43)80-54-48(67)57(73-33-39-24-14-5-15-25-39)76-42(28-62)52(54)71-31-37-20-10-3-11-21-37/h1-25,40-68H,26-34H2/t40-,41-,42-,43-,44-,45-,46-,47-,48-,49-,50-,51-,52-,53-,54-,55-,56-,57-,58+,59+/m1/s1. The van der Waals surface area contributed by atoms with Crippen molar-refractivity contribution in [2.45, 2.75) is 156 Å². The number of aliphatic hydroxyl groups excluding tert-OH is 9. The number of hydrogen-bond donors (Lipinski definition) is 9. The number of benzene rings is 5. The van der Waals surface area contributed by atoms with Crippen molar-refractivity contribution in [1.82, 2.24) is 0 Å². The van der Waals surface area contributed by atoms with E-state index in [0.717, 1.165) is 22.3 Å². The fraction of sp³-hybridized carbons (Fsp3) is 0.492. The molecule has 434 valence electrons. The third kappa shape index (κ3) is 15.1. The van der Waals surface area contributed by atoms with Crippen molar-refractivity contribution >= 4 is 0 Å². The maximum atomic E-state index is 12.7. The van der Waals surface area contributed by atoms with Crippen LogP contribution in [0.2, 0.25) is 0 Å². The first-order valence-electron chi connectivity index (χ1n) is 26.8. The fourth-order valence-corrected chi connectivity index (χ4v) is 10.1. The minimum Gasteiger partial charge on any atom is -0.394 e. The van der Waals surface area contributed by atoms with Crippen molar-refractivity contribution < 1.29 is 103 Å². The molecule has 5 aromatic carbocycles. The van der Waals surface area contributed by atoms with Crippen LogP contribution in [0.25, 0.3) is 0 Å². The molecule has 0 saturated carbocycles. The quantitative estimate of drug-likeness (QED) is 0.0399. The van der Waals surface area contributed by atoms with Gasteiger partial charge in [0.25, 0.3) is 0 Å². The fourth-order valence-electron chi connectivity index (χ4n) is 10.1. The van der Waals surface area contributed by atoms with E-state index >= 15 is 0 Å². The van der Waals surface area contributed by atoms with E-state index in [1.165, 1.54) is 0 Å². The second kappa shape index (κ2) is 29.5. The second-order valence-electron chi connectivity index (χ2n) is 20.0. The van der Waals surface area contributed by atoms with E-state index in [4.69, 9.17) is 56.8 Å². The summed E-state index contributed by atoms with van der Waals surface area (Å²) in [5.41, 5.74) is 3.66. The Kier molecular flexibility index (Phi) is 22.1. The largest absolute Gasteiger partial charge is 0.394 e. The summed E-state index contributed by atoms with van der Waals surface area (Å²) in [5, 5.41) is 103. The van der Waals surface area contributed by atoms with Gasteiger partial charge in [-0.15, -0.1) is 0 Å². The first-order chi connectivity index (χ1) is 39.0. The third-order valence-electron chi connectivity index (χ3n) is 14.5. The van der Waals surface area contributed by atoms with Gasteiger partial charge < -0.3 is 103 Å². The molecule has 80 heavy (non-hydrogen) atoms. The van der Waals surface area contributed by atoms with Gasteiger partial charge in [-0.3, -0.25) is 0 Å². The van der Waals surface area contributed by atoms with Crippen LogP contribution in [0.5, 0.6) is 0 Å². The van der Waals surface area contributed by atoms with Crippen molar-refractivity contribution in [3.63, 3.8) is 0 Å². The van der Waals surface area contributed by atoms with E-state index in [-0.39, 0.29) is 33.0 Å². The summed E-state index contributed by atoms with van der Waals surface area (Å²) in [7, 11) is 0. The lowest BCUT2D eigenvalue weighted by molar-refractivity contribution is -0.391. The maximum Gasteiger partial charge on any atom is 0.187 e. The van der Waals surface area contributed by atoms with Gasteiger partial charge >= 0.3 is 0 Å². The highest BCUT2D eigenvalue weighted by atomic mass is 16.8. The first kappa shape index (κ1) is 59.9. The van der Waals surface area contributed by atoms with Crippen LogP contribution in [0.15, 0.2) is 152 Å². The Hall–Kier alpha value is -4.74. The molecular formula is C59H72O21. The molecule has 9 rings (SSSR count). The molecule has 0 amide bonds. The average molecular weight is 1120 g/mol. The molecule has 20 atom stereocenters. The number of hydrogen-bond acceptors (Lipinski definition) is 21. The first-order valence-corrected chi connectivity index (χ1v) is 26.8. The number of rotatable bonds is 25. The lowest BCUT2D eigenvalue weighted by Crippen LogP contribution is -2.67. The molecule has 21 heteroatoms. The van der Waals surface area contributed by atoms with Crippen molar-refractivity contribution in [2.75, 3.05) is 26.4 Å². The molecule has 4 fully saturated rings. The average Bonchev–Trinajstić information content (AvgIpc) is 3.57. The van der Waals surface area contributed by atoms with Gasteiger partial charge in [-0.2, -0.15) is 0 Å². The Morgan fingerprint density at radius 2 is 0.550 bits per heavy atom. The summed E-state index contributed by atoms with van der Waals surface area (Å²) >= 11 is 0. The summed E-state index contributed by atoms with van der Waals surface area (Å²) in [5.74, 6) is 0. The van der Waals surface area contributed by atoms with E-state index in [1.807, 2.05) is 103 Å². The monoisotopic (exact) mass is 1120 g/mol. The van der Waals surface area contributed by atoms with Gasteiger partial charge in [0, 0.05) is 0 Å². The van der Waals surface area contributed by atoms with Gasteiger partial charge in [-0.25, -0.2) is 0 Å². The van der Waals surface area contributed by atoms with Crippen molar-refractivity contribution in [2.24, 2.45) is 0 Å². The molecule has 0 aliphatic carbocycles. The molecule has 21 nitrogen and oxygen atoms in total. The van der Waals surface area contributed by atoms with E-state index in [2.05, 4.69) is 0 Å². The van der Waals surface area contributed by atoms with Gasteiger partial charge in [-0.1, -0.05) is 152 Å². The third-order valence-corrected chi connectivity index (χ3v) is 14.5. The highest BCUT2D eigenvalue weighted by molar-refractivity contribution is 5.17. The lowest BCUT2D eigenvalue weighted by Gasteiger charge is -2.50. The number of aliphatic hydroxyl groups is 9. The number of ether oxygens (including phenoxy) is 12. The Bertz CT molecular complexity index is 2520. The molecule has 0 spiro atoms. The van der Waals surface area contributed by atoms with Crippen LogP contribution < -0.4 is 0 Å². The highest BCUT2D eigenvalue weighted by Gasteiger charge is 2.56. The highest BCUT2D eigenvalue weighted by Crippen LogP contribution is 2.37. The Labute approximate surface area is 463 Å². The van der Waals surface area contributed by atoms with Crippen LogP contribution in [0.3, 0.4) is 0 Å². The van der Waals surface area contributed by atoms with Gasteiger partial charge in [0.1, 0.15) is 97.7 Å². The molecular weight excluding hydrogens is 1040 g/mol. The van der Waals surface area contributed by atoms with E-state index in [9.17, 15) is 46.0 Å². The SMILES string of the molecule is OC[C@H]1O[C@@H](OC[C@H]2O[C@@H](O[C@@H]3[C@@H](O)[C@H](OCc4ccccc4)O[C@H](CO)[C@H]3OCc3ccccc3)[C@H](O)[C@@H](O[C@@H]3O[C@H](CO)[C@@H](OCc4ccccc4)[C@H](O)[C@H]3O)[C@@H]2OCc2ccccc2)[C@H](O)[C@@H](O)[C@@H]1OCc1ccccc1. The second-order valence-corrected chi connectivity index (χ2v) is 20.0. The van der Waals surface area contributed by atoms with Crippen molar-refractivity contribution in [1.29, 1.82) is 0 Å². The normalized spacial score (nSPS) is 34.7. The van der Waals surface area contributed by atoms with Crippen LogP contribution in [0.1, 0.15) is 27.8 Å². The predicted octanol–water partition coefficient (Wildman–Crippen LogP) is 1.37. The molecule has 4 heterocycles. The van der Waals surface area contributed by atoms with E-state index in [0.29, 0.717) is 5.56 Å². The molecule has 5 aromatic rings. The lowest BCUT2D eigenvalue weighted by atomic mass is 9.95. The Balaban J connectivity index is 1.03. The van der Waals surface area contributed by atoms with Gasteiger partial charge in [0.05, 0.1) is 59.5 Å². The molecule has 0 bridgehead atoms. The Morgan fingerprint density at radius 3 is 0.938 bits per heavy atom. The van der Waals surface area contributed by atoms with Crippen molar-refractivity contribution in [3.05, 3.63) is 179 Å². The molecule has 4 aliphatic rings. The predicted molar refractivity (Wildman–Crippen MR) is 279 cm³/mol. The maximum absolute atomic E-state index is 12.7. The summed E-state index contributed by atoms with van der Waals surface area (Å²) in [4.78, 5) is 0. The zero-order chi connectivity index (χ0) is 56.0. The molecule has 4 aliphatic heterocycles. The van der Waals surface area contributed by atoms with Gasteiger partial charge in [0.15, 0.2) is 25.2 Å². The minimum atomic E-state index is -1.93. The molecule has 9 N–H and O–H groups in total. The topological polar surface area (TPSA) is 293 Å². The summed E-state index contributed by atoms with van der Waals surface area (Å²) in [6.45, 7) is -2.71. The zero-order valence-corrected chi connectivity index (χ0v) is 43.8. The Morgan fingerprint density at radius 1 is 0.275 bits per heavy atom. The van der Waals surface area contributed by atoms with E-state index in [1.54, 1.807) is 48.5 Å². The van der Waals surface area contributed by atoms with Crippen LogP contribution in [-0.2, 0) is 89.9 Å². The summed E-state index contributed by atoms with van der Waals surface area (Å²) < 4.78 is 75.5. The molecule has 4 saturated heterocycles. The summed E-state index contributed by atoms with van der Waals surface area (Å²) in [6, 6.07) is 45.3. The van der Waals surface area contributed by atoms with Crippen LogP contribution in [0.4, 0.5) is 0 Å². The van der Waals surface area contributed by atoms with Crippen LogP contribution >= 0.6 is 0 Å². The van der Waals surface area contributed by atoms with Crippen LogP contribution in [0, 0.1) is 0 Å². The summed E-state index contributed by atoms with van der Waals surface area (Å²) in [6.07, 6.45) is -30.6. The molecule has 0 unspecified atom stereocenters.